The lowest BCUT2D eigenvalue weighted by Crippen LogP contribution is -2.24. The van der Waals surface area contributed by atoms with Gasteiger partial charge < -0.3 is 4.42 Å². The van der Waals surface area contributed by atoms with E-state index >= 15 is 0 Å². The molecule has 1 aliphatic carbocycles. The predicted molar refractivity (Wildman–Crippen MR) is 120 cm³/mol. The smallest absolute Gasteiger partial charge is 0.263 e. The molecule has 0 unspecified atom stereocenters. The van der Waals surface area contributed by atoms with Crippen molar-refractivity contribution in [2.45, 2.75) is 37.4 Å². The van der Waals surface area contributed by atoms with E-state index in [0.29, 0.717) is 21.9 Å². The molecule has 0 amide bonds. The SMILES string of the molecule is O=C(CSc1nc2sc3c(c2c(=O)n1Cc1ccco1)CCCC3)c1ccc(F)cc1. The van der Waals surface area contributed by atoms with Crippen LogP contribution in [0.3, 0.4) is 0 Å². The van der Waals surface area contributed by atoms with Gasteiger partial charge in [-0.15, -0.1) is 11.3 Å². The number of furan rings is 1. The zero-order valence-electron chi connectivity index (χ0n) is 16.6. The van der Waals surface area contributed by atoms with Crippen LogP contribution in [0.2, 0.25) is 0 Å². The number of aryl methyl sites for hydroxylation is 2. The lowest BCUT2D eigenvalue weighted by atomic mass is 9.97. The molecule has 0 aliphatic heterocycles. The Kier molecular flexibility index (Phi) is 5.50. The van der Waals surface area contributed by atoms with E-state index in [4.69, 9.17) is 9.40 Å². The fourth-order valence-corrected chi connectivity index (χ4v) is 6.07. The molecule has 0 bridgehead atoms. The molecular formula is C23H19FN2O3S2. The molecule has 5 nitrogen and oxygen atoms in total. The Morgan fingerprint density at radius 2 is 2.00 bits per heavy atom. The van der Waals surface area contributed by atoms with E-state index in [0.717, 1.165) is 36.1 Å². The number of hydrogen-bond acceptors (Lipinski definition) is 6. The molecule has 3 aromatic heterocycles. The van der Waals surface area contributed by atoms with Gasteiger partial charge in [-0.25, -0.2) is 9.37 Å². The van der Waals surface area contributed by atoms with E-state index in [2.05, 4.69) is 0 Å². The standard InChI is InChI=1S/C23H19FN2O3S2/c24-15-9-7-14(8-10-15)18(27)13-30-23-25-21-20(17-5-1-2-6-19(17)31-21)22(28)26(23)12-16-4-3-11-29-16/h3-4,7-11H,1-2,5-6,12-13H2. The van der Waals surface area contributed by atoms with Crippen LogP contribution in [-0.4, -0.2) is 21.1 Å². The third-order valence-corrected chi connectivity index (χ3v) is 7.59. The van der Waals surface area contributed by atoms with Gasteiger partial charge in [0, 0.05) is 10.4 Å². The number of halogens is 1. The van der Waals surface area contributed by atoms with Gasteiger partial charge in [-0.3, -0.25) is 14.2 Å². The summed E-state index contributed by atoms with van der Waals surface area (Å²) < 4.78 is 20.2. The van der Waals surface area contributed by atoms with Gasteiger partial charge in [-0.2, -0.15) is 0 Å². The van der Waals surface area contributed by atoms with Crippen molar-refractivity contribution < 1.29 is 13.6 Å². The second kappa shape index (κ2) is 8.43. The van der Waals surface area contributed by atoms with Gasteiger partial charge in [-0.05, 0) is 67.6 Å². The predicted octanol–water partition coefficient (Wildman–Crippen LogP) is 5.09. The molecule has 0 saturated carbocycles. The van der Waals surface area contributed by atoms with Crippen LogP contribution in [0.15, 0.2) is 57.0 Å². The highest BCUT2D eigenvalue weighted by Crippen LogP contribution is 2.35. The molecule has 0 atom stereocenters. The molecule has 0 spiro atoms. The van der Waals surface area contributed by atoms with Crippen LogP contribution < -0.4 is 5.56 Å². The molecule has 4 aromatic rings. The van der Waals surface area contributed by atoms with Gasteiger partial charge >= 0.3 is 0 Å². The minimum atomic E-state index is -0.384. The maximum atomic E-state index is 13.5. The maximum Gasteiger partial charge on any atom is 0.263 e. The largest absolute Gasteiger partial charge is 0.467 e. The summed E-state index contributed by atoms with van der Waals surface area (Å²) in [5.74, 6) is 0.228. The van der Waals surface area contributed by atoms with Crippen molar-refractivity contribution in [1.29, 1.82) is 0 Å². The number of rotatable bonds is 6. The molecule has 0 N–H and O–H groups in total. The average Bonchev–Trinajstić information content (AvgIpc) is 3.42. The molecule has 3 heterocycles. The molecule has 158 valence electrons. The van der Waals surface area contributed by atoms with E-state index in [1.807, 2.05) is 6.07 Å². The molecule has 1 aliphatic rings. The Bertz CT molecular complexity index is 1310. The Morgan fingerprint density at radius 1 is 1.19 bits per heavy atom. The number of Topliss-reactive ketones (excluding diaryl/α,β-unsaturated/α-hetero) is 1. The number of hydrogen-bond donors (Lipinski definition) is 0. The molecule has 31 heavy (non-hydrogen) atoms. The second-order valence-corrected chi connectivity index (χ2v) is 9.50. The van der Waals surface area contributed by atoms with Crippen LogP contribution in [0.5, 0.6) is 0 Å². The van der Waals surface area contributed by atoms with E-state index in [1.54, 1.807) is 28.2 Å². The first-order valence-electron chi connectivity index (χ1n) is 10.1. The Balaban J connectivity index is 1.53. The lowest BCUT2D eigenvalue weighted by Gasteiger charge is -2.12. The minimum absolute atomic E-state index is 0.0856. The summed E-state index contributed by atoms with van der Waals surface area (Å²) in [5.41, 5.74) is 1.48. The zero-order chi connectivity index (χ0) is 21.4. The number of aromatic nitrogens is 2. The number of carbonyl (C=O) groups excluding carboxylic acids is 1. The lowest BCUT2D eigenvalue weighted by molar-refractivity contribution is 0.102. The van der Waals surface area contributed by atoms with E-state index < -0.39 is 0 Å². The molecule has 0 radical (unpaired) electrons. The summed E-state index contributed by atoms with van der Waals surface area (Å²) in [6.07, 6.45) is 5.68. The fraction of sp³-hybridized carbons (Fsp3) is 0.261. The molecule has 1 aromatic carbocycles. The van der Waals surface area contributed by atoms with Gasteiger partial charge in [0.25, 0.3) is 5.56 Å². The normalized spacial score (nSPS) is 13.5. The summed E-state index contributed by atoms with van der Waals surface area (Å²) in [5, 5.41) is 1.20. The molecule has 0 fully saturated rings. The highest BCUT2D eigenvalue weighted by atomic mass is 32.2. The quantitative estimate of drug-likeness (QED) is 0.231. The van der Waals surface area contributed by atoms with Crippen LogP contribution in [0.4, 0.5) is 4.39 Å². The van der Waals surface area contributed by atoms with Crippen molar-refractivity contribution in [1.82, 2.24) is 9.55 Å². The first-order chi connectivity index (χ1) is 15.1. The van der Waals surface area contributed by atoms with Crippen molar-refractivity contribution in [2.75, 3.05) is 5.75 Å². The minimum Gasteiger partial charge on any atom is -0.467 e. The summed E-state index contributed by atoms with van der Waals surface area (Å²) in [7, 11) is 0. The van der Waals surface area contributed by atoms with Crippen LogP contribution in [0, 0.1) is 5.82 Å². The number of nitrogens with zero attached hydrogens (tertiary/aromatic N) is 2. The average molecular weight is 455 g/mol. The topological polar surface area (TPSA) is 65.1 Å². The third kappa shape index (κ3) is 3.97. The Labute approximate surface area is 185 Å². The van der Waals surface area contributed by atoms with E-state index in [-0.39, 0.29) is 29.5 Å². The summed E-state index contributed by atoms with van der Waals surface area (Å²) in [6, 6.07) is 9.08. The first kappa shape index (κ1) is 20.2. The number of ketones is 1. The fourth-order valence-electron chi connectivity index (χ4n) is 3.88. The van der Waals surface area contributed by atoms with Crippen LogP contribution in [0.1, 0.15) is 39.4 Å². The van der Waals surface area contributed by atoms with E-state index in [9.17, 15) is 14.0 Å². The van der Waals surface area contributed by atoms with Gasteiger partial charge in [0.2, 0.25) is 0 Å². The van der Waals surface area contributed by atoms with Crippen molar-refractivity contribution in [3.05, 3.63) is 80.6 Å². The highest BCUT2D eigenvalue weighted by Gasteiger charge is 2.23. The van der Waals surface area contributed by atoms with Crippen molar-refractivity contribution in [3.63, 3.8) is 0 Å². The summed E-state index contributed by atoms with van der Waals surface area (Å²) in [6.45, 7) is 0.256. The van der Waals surface area contributed by atoms with Crippen molar-refractivity contribution in [3.8, 4) is 0 Å². The molecule has 0 saturated heterocycles. The maximum absolute atomic E-state index is 13.5. The molecule has 5 rings (SSSR count). The van der Waals surface area contributed by atoms with Crippen LogP contribution in [0.25, 0.3) is 10.2 Å². The number of benzene rings is 1. The highest BCUT2D eigenvalue weighted by molar-refractivity contribution is 7.99. The van der Waals surface area contributed by atoms with Gasteiger partial charge in [0.1, 0.15) is 16.4 Å². The summed E-state index contributed by atoms with van der Waals surface area (Å²) in [4.78, 5) is 32.9. The molecule has 8 heteroatoms. The summed E-state index contributed by atoms with van der Waals surface area (Å²) >= 11 is 2.81. The first-order valence-corrected chi connectivity index (χ1v) is 11.9. The van der Waals surface area contributed by atoms with Gasteiger partial charge in [-0.1, -0.05) is 11.8 Å². The Hall–Kier alpha value is -2.71. The van der Waals surface area contributed by atoms with E-state index in [1.165, 1.54) is 40.9 Å². The molecular weight excluding hydrogens is 435 g/mol. The number of carbonyl (C=O) groups is 1. The number of thioether (sulfide) groups is 1. The third-order valence-electron chi connectivity index (χ3n) is 5.43. The van der Waals surface area contributed by atoms with Gasteiger partial charge in [0.05, 0.1) is 23.9 Å². The van der Waals surface area contributed by atoms with Crippen molar-refractivity contribution in [2.24, 2.45) is 0 Å². The Morgan fingerprint density at radius 3 is 2.77 bits per heavy atom. The van der Waals surface area contributed by atoms with Gasteiger partial charge in [0.15, 0.2) is 10.9 Å². The second-order valence-electron chi connectivity index (χ2n) is 7.47. The number of thiophene rings is 1. The number of fused-ring (bicyclic) bond motifs is 3. The monoisotopic (exact) mass is 454 g/mol. The zero-order valence-corrected chi connectivity index (χ0v) is 18.2. The van der Waals surface area contributed by atoms with Crippen LogP contribution >= 0.6 is 23.1 Å². The van der Waals surface area contributed by atoms with Crippen LogP contribution in [-0.2, 0) is 19.4 Å². The van der Waals surface area contributed by atoms with Crippen molar-refractivity contribution >= 4 is 39.1 Å².